The summed E-state index contributed by atoms with van der Waals surface area (Å²) < 4.78 is 0. The molecule has 0 radical (unpaired) electrons. The standard InChI is InChI=1S/C31H26ClN5O3/c1-15-13-34-30-27(39)11-25-29(28(15)30)19(12-32)14-37(25)31(40)24-10-17-6-16(2-4-21(17)36-24)7-26(38)23-9-18-8-20(33)3-5-22(18)35-23/h2-6,8-11,13,19,34-36,39H,7,12,14,33H2,1H3. The molecule has 3 aromatic heterocycles. The summed E-state index contributed by atoms with van der Waals surface area (Å²) >= 11 is 6.35. The van der Waals surface area contributed by atoms with Gasteiger partial charge >= 0.3 is 0 Å². The molecule has 0 spiro atoms. The van der Waals surface area contributed by atoms with Crippen LogP contribution in [0, 0.1) is 6.92 Å². The third-order valence-corrected chi connectivity index (χ3v) is 8.28. The number of phenols is 1. The van der Waals surface area contributed by atoms with Crippen LogP contribution < -0.4 is 10.6 Å². The van der Waals surface area contributed by atoms with Crippen molar-refractivity contribution < 1.29 is 14.7 Å². The Morgan fingerprint density at radius 1 is 1.02 bits per heavy atom. The molecule has 0 fully saturated rings. The summed E-state index contributed by atoms with van der Waals surface area (Å²) in [5.74, 6) is 0.162. The van der Waals surface area contributed by atoms with Crippen LogP contribution in [0.5, 0.6) is 5.75 Å². The average Bonchev–Trinajstić information content (AvgIpc) is 3.71. The molecule has 6 N–H and O–H groups in total. The van der Waals surface area contributed by atoms with Gasteiger partial charge in [0.25, 0.3) is 5.91 Å². The number of carbonyl (C=O) groups is 2. The van der Waals surface area contributed by atoms with Crippen LogP contribution in [0.2, 0.25) is 0 Å². The number of halogens is 1. The molecule has 0 saturated carbocycles. The number of rotatable bonds is 5. The highest BCUT2D eigenvalue weighted by atomic mass is 35.5. The largest absolute Gasteiger partial charge is 0.506 e. The number of amides is 1. The summed E-state index contributed by atoms with van der Waals surface area (Å²) in [6, 6.07) is 16.5. The number of aromatic amines is 3. The molecule has 3 aromatic carbocycles. The zero-order chi connectivity index (χ0) is 27.7. The van der Waals surface area contributed by atoms with Gasteiger partial charge in [0.15, 0.2) is 5.78 Å². The van der Waals surface area contributed by atoms with Crippen molar-refractivity contribution in [1.29, 1.82) is 0 Å². The smallest absolute Gasteiger partial charge is 0.274 e. The van der Waals surface area contributed by atoms with Crippen molar-refractivity contribution in [2.24, 2.45) is 0 Å². The van der Waals surface area contributed by atoms with E-state index in [0.717, 1.165) is 43.9 Å². The number of phenolic OH excluding ortho intramolecular Hbond substituents is 1. The molecule has 0 bridgehead atoms. The van der Waals surface area contributed by atoms with E-state index in [-0.39, 0.29) is 29.8 Å². The summed E-state index contributed by atoms with van der Waals surface area (Å²) in [6.07, 6.45) is 2.07. The van der Waals surface area contributed by atoms with Gasteiger partial charge in [0, 0.05) is 69.9 Å². The van der Waals surface area contributed by atoms with E-state index in [0.29, 0.717) is 40.7 Å². The lowest BCUT2D eigenvalue weighted by atomic mass is 9.97. The number of nitrogens with zero attached hydrogens (tertiary/aromatic N) is 1. The van der Waals surface area contributed by atoms with E-state index < -0.39 is 0 Å². The first-order valence-electron chi connectivity index (χ1n) is 13.0. The molecule has 40 heavy (non-hydrogen) atoms. The summed E-state index contributed by atoms with van der Waals surface area (Å²) in [5.41, 5.74) is 13.3. The Hall–Kier alpha value is -4.69. The number of Topliss-reactive ketones (excluding diaryl/α,β-unsaturated/α-hetero) is 1. The van der Waals surface area contributed by atoms with Crippen molar-refractivity contribution >= 4 is 67.4 Å². The van der Waals surface area contributed by atoms with Gasteiger partial charge in [0.2, 0.25) is 0 Å². The quantitative estimate of drug-likeness (QED) is 0.100. The Balaban J connectivity index is 1.18. The molecule has 1 unspecified atom stereocenters. The molecule has 1 atom stereocenters. The maximum absolute atomic E-state index is 13.8. The number of aromatic nitrogens is 3. The fourth-order valence-corrected chi connectivity index (χ4v) is 6.23. The van der Waals surface area contributed by atoms with Gasteiger partial charge in [-0.1, -0.05) is 6.07 Å². The van der Waals surface area contributed by atoms with E-state index in [9.17, 15) is 14.7 Å². The number of hydrogen-bond donors (Lipinski definition) is 5. The first kappa shape index (κ1) is 24.4. The molecule has 8 nitrogen and oxygen atoms in total. The van der Waals surface area contributed by atoms with Gasteiger partial charge in [-0.2, -0.15) is 0 Å². The van der Waals surface area contributed by atoms with Gasteiger partial charge in [-0.05, 0) is 66.1 Å². The zero-order valence-electron chi connectivity index (χ0n) is 21.6. The predicted molar refractivity (Wildman–Crippen MR) is 159 cm³/mol. The Morgan fingerprint density at radius 3 is 2.55 bits per heavy atom. The normalized spacial score (nSPS) is 14.9. The summed E-state index contributed by atoms with van der Waals surface area (Å²) in [7, 11) is 0. The lowest BCUT2D eigenvalue weighted by molar-refractivity contribution is 0.0978. The maximum Gasteiger partial charge on any atom is 0.274 e. The maximum atomic E-state index is 13.8. The molecular formula is C31H26ClN5O3. The highest BCUT2D eigenvalue weighted by Crippen LogP contribution is 2.46. The highest BCUT2D eigenvalue weighted by molar-refractivity contribution is 6.19. The number of nitrogen functional groups attached to an aromatic ring is 1. The van der Waals surface area contributed by atoms with Crippen LogP contribution in [0.1, 0.15) is 43.6 Å². The number of hydrogen-bond acceptors (Lipinski definition) is 4. The number of H-pyrrole nitrogens is 3. The summed E-state index contributed by atoms with van der Waals surface area (Å²) in [6.45, 7) is 2.40. The Kier molecular flexibility index (Phi) is 5.43. The molecule has 7 rings (SSSR count). The van der Waals surface area contributed by atoms with Gasteiger partial charge in [0.05, 0.1) is 16.9 Å². The van der Waals surface area contributed by atoms with Crippen LogP contribution in [0.25, 0.3) is 32.7 Å². The Labute approximate surface area is 233 Å². The minimum absolute atomic E-state index is 0.0343. The van der Waals surface area contributed by atoms with Crippen LogP contribution >= 0.6 is 11.6 Å². The lowest BCUT2D eigenvalue weighted by Crippen LogP contribution is -2.30. The molecule has 0 saturated heterocycles. The predicted octanol–water partition coefficient (Wildman–Crippen LogP) is 6.13. The monoisotopic (exact) mass is 551 g/mol. The van der Waals surface area contributed by atoms with Gasteiger partial charge in [0.1, 0.15) is 11.4 Å². The van der Waals surface area contributed by atoms with Crippen LogP contribution in [-0.4, -0.2) is 44.2 Å². The average molecular weight is 552 g/mol. The number of carbonyl (C=O) groups excluding carboxylic acids is 2. The van der Waals surface area contributed by atoms with E-state index in [1.165, 1.54) is 0 Å². The summed E-state index contributed by atoms with van der Waals surface area (Å²) in [4.78, 5) is 38.0. The first-order chi connectivity index (χ1) is 19.3. The number of nitrogens with one attached hydrogen (secondary N) is 3. The van der Waals surface area contributed by atoms with Crippen molar-refractivity contribution in [2.75, 3.05) is 23.1 Å². The van der Waals surface area contributed by atoms with Crippen molar-refractivity contribution in [3.8, 4) is 5.75 Å². The minimum atomic E-state index is -0.202. The molecular weight excluding hydrogens is 526 g/mol. The second-order valence-corrected chi connectivity index (χ2v) is 10.9. The molecule has 6 aromatic rings. The van der Waals surface area contributed by atoms with Gasteiger partial charge in [-0.25, -0.2) is 0 Å². The van der Waals surface area contributed by atoms with Crippen LogP contribution in [0.15, 0.2) is 60.8 Å². The van der Waals surface area contributed by atoms with Gasteiger partial charge < -0.3 is 30.7 Å². The molecule has 1 aliphatic rings. The van der Waals surface area contributed by atoms with Crippen LogP contribution in [-0.2, 0) is 6.42 Å². The molecule has 4 heterocycles. The molecule has 1 amide bonds. The second kappa shape index (κ2) is 8.93. The van der Waals surface area contributed by atoms with Crippen molar-refractivity contribution in [1.82, 2.24) is 15.0 Å². The number of aryl methyl sites for hydroxylation is 1. The second-order valence-electron chi connectivity index (χ2n) is 10.6. The zero-order valence-corrected chi connectivity index (χ0v) is 22.4. The van der Waals surface area contributed by atoms with Crippen molar-refractivity contribution in [3.63, 3.8) is 0 Å². The molecule has 1 aliphatic heterocycles. The minimum Gasteiger partial charge on any atom is -0.506 e. The van der Waals surface area contributed by atoms with Crippen LogP contribution in [0.3, 0.4) is 0 Å². The first-order valence-corrected chi connectivity index (χ1v) is 13.6. The van der Waals surface area contributed by atoms with Crippen molar-refractivity contribution in [3.05, 3.63) is 88.9 Å². The number of benzene rings is 3. The molecule has 9 heteroatoms. The number of aromatic hydroxyl groups is 1. The highest BCUT2D eigenvalue weighted by Gasteiger charge is 2.36. The topological polar surface area (TPSA) is 131 Å². The Morgan fingerprint density at radius 2 is 1.75 bits per heavy atom. The van der Waals surface area contributed by atoms with E-state index in [2.05, 4.69) is 15.0 Å². The SMILES string of the molecule is Cc1c[nH]c2c(O)cc3c(c12)C(CCl)CN3C(=O)c1cc2cc(CC(=O)c3cc4cc(N)ccc4[nH]3)ccc2[nH]1. The molecule has 0 aliphatic carbocycles. The van der Waals surface area contributed by atoms with Gasteiger partial charge in [-0.15, -0.1) is 11.6 Å². The third kappa shape index (κ3) is 3.75. The van der Waals surface area contributed by atoms with E-state index in [1.54, 1.807) is 17.0 Å². The lowest BCUT2D eigenvalue weighted by Gasteiger charge is -2.17. The number of fused-ring (bicyclic) bond motifs is 5. The fourth-order valence-electron chi connectivity index (χ4n) is 5.98. The summed E-state index contributed by atoms with van der Waals surface area (Å²) in [5, 5.41) is 13.3. The van der Waals surface area contributed by atoms with Crippen LogP contribution in [0.4, 0.5) is 11.4 Å². The fraction of sp³-hybridized carbons (Fsp3) is 0.161. The number of ketones is 1. The number of anilines is 2. The van der Waals surface area contributed by atoms with E-state index in [4.69, 9.17) is 17.3 Å². The number of alkyl halides is 1. The molecule has 200 valence electrons. The number of nitrogens with two attached hydrogens (primary N) is 1. The van der Waals surface area contributed by atoms with E-state index >= 15 is 0 Å². The van der Waals surface area contributed by atoms with Crippen molar-refractivity contribution in [2.45, 2.75) is 19.3 Å². The third-order valence-electron chi connectivity index (χ3n) is 7.91. The van der Waals surface area contributed by atoms with Gasteiger partial charge in [-0.3, -0.25) is 9.59 Å². The Bertz CT molecular complexity index is 2000. The van der Waals surface area contributed by atoms with E-state index in [1.807, 2.05) is 55.6 Å².